The molecule has 2 aromatic rings. The van der Waals surface area contributed by atoms with Crippen LogP contribution in [0.2, 0.25) is 0 Å². The summed E-state index contributed by atoms with van der Waals surface area (Å²) in [5.74, 6) is -0.183. The Morgan fingerprint density at radius 3 is 2.85 bits per heavy atom. The Labute approximate surface area is 157 Å². The predicted octanol–water partition coefficient (Wildman–Crippen LogP) is 3.95. The van der Waals surface area contributed by atoms with E-state index in [0.29, 0.717) is 24.0 Å². The van der Waals surface area contributed by atoms with E-state index in [9.17, 15) is 9.18 Å². The third-order valence-corrected chi connectivity index (χ3v) is 4.82. The number of rotatable bonds is 6. The topological polar surface area (TPSA) is 90.7 Å². The lowest BCUT2D eigenvalue weighted by atomic mass is 9.83. The van der Waals surface area contributed by atoms with Gasteiger partial charge in [-0.1, -0.05) is 12.8 Å². The van der Waals surface area contributed by atoms with Crippen LogP contribution in [0.15, 0.2) is 36.7 Å². The molecule has 140 valence electrons. The number of amides is 1. The minimum Gasteiger partial charge on any atom is -0.349 e. The van der Waals surface area contributed by atoms with Crippen LogP contribution in [0.5, 0.6) is 0 Å². The number of aromatic nitrogens is 2. The fourth-order valence-corrected chi connectivity index (χ4v) is 3.49. The maximum absolute atomic E-state index is 14.4. The Morgan fingerprint density at radius 2 is 2.11 bits per heavy atom. The van der Waals surface area contributed by atoms with E-state index < -0.39 is 11.7 Å². The summed E-state index contributed by atoms with van der Waals surface area (Å²) >= 11 is 0. The van der Waals surface area contributed by atoms with Crippen molar-refractivity contribution in [3.8, 4) is 6.07 Å². The second-order valence-electron chi connectivity index (χ2n) is 6.79. The van der Waals surface area contributed by atoms with Gasteiger partial charge in [-0.05, 0) is 49.4 Å². The largest absolute Gasteiger partial charge is 0.349 e. The maximum Gasteiger partial charge on any atom is 0.254 e. The van der Waals surface area contributed by atoms with Crippen molar-refractivity contribution in [3.63, 3.8) is 0 Å². The number of hydrogen-bond donors (Lipinski definition) is 2. The zero-order chi connectivity index (χ0) is 19.1. The van der Waals surface area contributed by atoms with Crippen LogP contribution in [-0.4, -0.2) is 21.9 Å². The average molecular weight is 367 g/mol. The molecule has 1 unspecified atom stereocenters. The van der Waals surface area contributed by atoms with Crippen LogP contribution < -0.4 is 10.6 Å². The van der Waals surface area contributed by atoms with Crippen LogP contribution in [-0.2, 0) is 0 Å². The third-order valence-electron chi connectivity index (χ3n) is 4.82. The van der Waals surface area contributed by atoms with E-state index in [4.69, 9.17) is 5.26 Å². The highest BCUT2D eigenvalue weighted by atomic mass is 19.1. The molecule has 6 nitrogen and oxygen atoms in total. The highest BCUT2D eigenvalue weighted by Crippen LogP contribution is 2.28. The summed E-state index contributed by atoms with van der Waals surface area (Å²) in [4.78, 5) is 20.5. The molecule has 1 aromatic carbocycles. The van der Waals surface area contributed by atoms with Gasteiger partial charge in [0, 0.05) is 30.5 Å². The van der Waals surface area contributed by atoms with Crippen LogP contribution >= 0.6 is 0 Å². The molecule has 27 heavy (non-hydrogen) atoms. The number of hydrogen-bond acceptors (Lipinski definition) is 5. The van der Waals surface area contributed by atoms with Gasteiger partial charge in [0.1, 0.15) is 5.82 Å². The molecule has 0 spiro atoms. The third kappa shape index (κ3) is 5.23. The molecule has 1 amide bonds. The number of carbonyl (C=O) groups is 1. The van der Waals surface area contributed by atoms with Crippen LogP contribution in [0.25, 0.3) is 0 Å². The molecule has 1 aliphatic carbocycles. The Bertz CT molecular complexity index is 821. The minimum absolute atomic E-state index is 0.0219. The first kappa shape index (κ1) is 18.8. The van der Waals surface area contributed by atoms with Crippen molar-refractivity contribution in [2.75, 3.05) is 5.32 Å². The van der Waals surface area contributed by atoms with Gasteiger partial charge in [0.05, 0.1) is 11.6 Å². The molecule has 2 atom stereocenters. The van der Waals surface area contributed by atoms with Gasteiger partial charge in [0.25, 0.3) is 5.91 Å². The molecule has 1 aliphatic rings. The average Bonchev–Trinajstić information content (AvgIpc) is 2.67. The van der Waals surface area contributed by atoms with Crippen molar-refractivity contribution in [2.24, 2.45) is 5.92 Å². The standard InChI is InChI=1S/C20H22FN5O/c21-18-13-16(26-20-23-10-3-11-24-20)7-8-17(18)19(27)25-15-6-1-4-14(12-15)5-2-9-22/h3,7-8,10-11,13-15H,1-2,4-6,12H2,(H,25,27)(H,23,24,26)/t14?,15-/m1/s1. The minimum atomic E-state index is -0.592. The fourth-order valence-electron chi connectivity index (χ4n) is 3.49. The molecule has 3 rings (SSSR count). The number of nitrogens with one attached hydrogen (secondary N) is 2. The fraction of sp³-hybridized carbons (Fsp3) is 0.400. The van der Waals surface area contributed by atoms with Crippen LogP contribution in [0, 0.1) is 23.1 Å². The van der Waals surface area contributed by atoms with E-state index >= 15 is 0 Å². The van der Waals surface area contributed by atoms with Crippen LogP contribution in [0.4, 0.5) is 16.0 Å². The summed E-state index contributed by atoms with van der Waals surface area (Å²) in [7, 11) is 0. The molecule has 0 aliphatic heterocycles. The van der Waals surface area contributed by atoms with Gasteiger partial charge in [-0.15, -0.1) is 0 Å². The quantitative estimate of drug-likeness (QED) is 0.807. The van der Waals surface area contributed by atoms with Gasteiger partial charge >= 0.3 is 0 Å². The van der Waals surface area contributed by atoms with Gasteiger partial charge in [0.2, 0.25) is 5.95 Å². The zero-order valence-corrected chi connectivity index (χ0v) is 15.0. The number of nitrogens with zero attached hydrogens (tertiary/aromatic N) is 3. The van der Waals surface area contributed by atoms with Gasteiger partial charge in [0.15, 0.2) is 0 Å². The molecular formula is C20H22FN5O. The summed E-state index contributed by atoms with van der Waals surface area (Å²) < 4.78 is 14.4. The molecule has 1 fully saturated rings. The van der Waals surface area contributed by atoms with Crippen LogP contribution in [0.1, 0.15) is 48.9 Å². The second-order valence-corrected chi connectivity index (χ2v) is 6.79. The Balaban J connectivity index is 1.60. The molecule has 7 heteroatoms. The van der Waals surface area contributed by atoms with Crippen LogP contribution in [0.3, 0.4) is 0 Å². The molecule has 0 bridgehead atoms. The SMILES string of the molecule is N#CCCC1CCC[C@@H](NC(=O)c2ccc(Nc3ncccn3)cc2F)C1. The monoisotopic (exact) mass is 367 g/mol. The van der Waals surface area contributed by atoms with Gasteiger partial charge < -0.3 is 10.6 Å². The van der Waals surface area contributed by atoms with Gasteiger partial charge in [-0.2, -0.15) is 5.26 Å². The number of anilines is 2. The van der Waals surface area contributed by atoms with Crippen molar-refractivity contribution in [1.82, 2.24) is 15.3 Å². The molecular weight excluding hydrogens is 345 g/mol. The number of carbonyl (C=O) groups excluding carboxylic acids is 1. The van der Waals surface area contributed by atoms with E-state index in [1.165, 1.54) is 12.1 Å². The molecule has 0 saturated heterocycles. The van der Waals surface area contributed by atoms with Crippen molar-refractivity contribution in [1.29, 1.82) is 5.26 Å². The molecule has 1 aromatic heterocycles. The summed E-state index contributed by atoms with van der Waals surface area (Å²) in [5.41, 5.74) is 0.498. The first-order valence-electron chi connectivity index (χ1n) is 9.17. The van der Waals surface area contributed by atoms with E-state index in [-0.39, 0.29) is 11.6 Å². The van der Waals surface area contributed by atoms with Crippen molar-refractivity contribution in [3.05, 3.63) is 48.0 Å². The second kappa shape index (κ2) is 9.08. The van der Waals surface area contributed by atoms with Crippen molar-refractivity contribution in [2.45, 2.75) is 44.6 Å². The molecule has 1 heterocycles. The highest BCUT2D eigenvalue weighted by Gasteiger charge is 2.24. The zero-order valence-electron chi connectivity index (χ0n) is 15.0. The lowest BCUT2D eigenvalue weighted by molar-refractivity contribution is 0.0914. The Kier molecular flexibility index (Phi) is 6.31. The number of halogens is 1. The van der Waals surface area contributed by atoms with E-state index in [2.05, 4.69) is 26.7 Å². The molecule has 0 radical (unpaired) electrons. The van der Waals surface area contributed by atoms with E-state index in [0.717, 1.165) is 32.1 Å². The van der Waals surface area contributed by atoms with E-state index in [1.807, 2.05) is 0 Å². The Hall–Kier alpha value is -3.01. The van der Waals surface area contributed by atoms with Gasteiger partial charge in [-0.25, -0.2) is 14.4 Å². The highest BCUT2D eigenvalue weighted by molar-refractivity contribution is 5.95. The molecule has 1 saturated carbocycles. The van der Waals surface area contributed by atoms with Crippen molar-refractivity contribution >= 4 is 17.5 Å². The maximum atomic E-state index is 14.4. The predicted molar refractivity (Wildman–Crippen MR) is 99.8 cm³/mol. The van der Waals surface area contributed by atoms with Crippen molar-refractivity contribution < 1.29 is 9.18 Å². The number of benzene rings is 1. The lowest BCUT2D eigenvalue weighted by Crippen LogP contribution is -2.38. The molecule has 2 N–H and O–H groups in total. The summed E-state index contributed by atoms with van der Waals surface area (Å²) in [6, 6.07) is 8.26. The van der Waals surface area contributed by atoms with E-state index in [1.54, 1.807) is 24.5 Å². The first-order valence-corrected chi connectivity index (χ1v) is 9.17. The summed E-state index contributed by atoms with van der Waals surface area (Å²) in [6.07, 6.45) is 8.41. The number of nitriles is 1. The summed E-state index contributed by atoms with van der Waals surface area (Å²) in [6.45, 7) is 0. The smallest absolute Gasteiger partial charge is 0.254 e. The Morgan fingerprint density at radius 1 is 1.30 bits per heavy atom. The summed E-state index contributed by atoms with van der Waals surface area (Å²) in [5, 5.41) is 14.6. The lowest BCUT2D eigenvalue weighted by Gasteiger charge is -2.29. The van der Waals surface area contributed by atoms with Gasteiger partial charge in [-0.3, -0.25) is 4.79 Å². The first-order chi connectivity index (χ1) is 13.2. The normalized spacial score (nSPS) is 19.1.